The van der Waals surface area contributed by atoms with E-state index in [2.05, 4.69) is 16.0 Å². The average Bonchev–Trinajstić information content (AvgIpc) is 2.99. The van der Waals surface area contributed by atoms with E-state index in [4.69, 9.17) is 9.47 Å². The first-order valence-electron chi connectivity index (χ1n) is 13.4. The van der Waals surface area contributed by atoms with Crippen LogP contribution >= 0.6 is 0 Å². The van der Waals surface area contributed by atoms with Gasteiger partial charge in [-0.25, -0.2) is 14.4 Å². The van der Waals surface area contributed by atoms with Gasteiger partial charge in [0.25, 0.3) is 0 Å². The highest BCUT2D eigenvalue weighted by atomic mass is 16.6. The van der Waals surface area contributed by atoms with Crippen molar-refractivity contribution in [1.29, 1.82) is 0 Å². The molecule has 2 atom stereocenters. The van der Waals surface area contributed by atoms with E-state index in [1.165, 1.54) is 0 Å². The summed E-state index contributed by atoms with van der Waals surface area (Å²) in [5.41, 5.74) is 2.48. The highest BCUT2D eigenvalue weighted by molar-refractivity contribution is 5.86. The second-order valence-electron chi connectivity index (χ2n) is 9.33. The molecular weight excluding hydrogens is 526 g/mol. The molecule has 4 N–H and O–H groups in total. The van der Waals surface area contributed by atoms with E-state index in [-0.39, 0.29) is 38.5 Å². The normalized spacial score (nSPS) is 11.9. The molecule has 0 aromatic heterocycles. The van der Waals surface area contributed by atoms with Crippen LogP contribution < -0.4 is 16.0 Å². The highest BCUT2D eigenvalue weighted by Gasteiger charge is 2.23. The zero-order valence-electron chi connectivity index (χ0n) is 22.7. The fraction of sp³-hybridized carbons (Fsp3) is 0.290. The van der Waals surface area contributed by atoms with Gasteiger partial charge in [0.2, 0.25) is 5.91 Å². The van der Waals surface area contributed by atoms with Gasteiger partial charge in [0.05, 0.1) is 0 Å². The molecule has 10 nitrogen and oxygen atoms in total. The van der Waals surface area contributed by atoms with Gasteiger partial charge in [0.1, 0.15) is 25.3 Å². The number of benzene rings is 3. The lowest BCUT2D eigenvalue weighted by Gasteiger charge is -2.19. The molecule has 3 aromatic carbocycles. The van der Waals surface area contributed by atoms with Crippen LogP contribution in [0.25, 0.3) is 0 Å². The molecule has 0 saturated heterocycles. The Morgan fingerprint density at radius 1 is 0.634 bits per heavy atom. The molecule has 3 rings (SSSR count). The molecule has 0 bridgehead atoms. The molecule has 1 unspecified atom stereocenters. The van der Waals surface area contributed by atoms with Gasteiger partial charge in [-0.15, -0.1) is 0 Å². The summed E-state index contributed by atoms with van der Waals surface area (Å²) in [7, 11) is 0. The second-order valence-corrected chi connectivity index (χ2v) is 9.33. The van der Waals surface area contributed by atoms with Crippen molar-refractivity contribution in [3.8, 4) is 0 Å². The molecule has 0 spiro atoms. The topological polar surface area (TPSA) is 143 Å². The van der Waals surface area contributed by atoms with Gasteiger partial charge in [0.15, 0.2) is 0 Å². The van der Waals surface area contributed by atoms with E-state index in [9.17, 15) is 24.3 Å². The van der Waals surface area contributed by atoms with Gasteiger partial charge < -0.3 is 30.5 Å². The van der Waals surface area contributed by atoms with Crippen molar-refractivity contribution < 1.29 is 33.8 Å². The number of unbranched alkanes of at least 4 members (excludes halogenated alkanes) is 1. The molecule has 0 aliphatic rings. The SMILES string of the molecule is O=C(NC(Cc1ccccc1)C(=O)NCCCC[C@H](NC(=O)OCc1ccccc1)C(=O)O)OCc1ccccc1. The van der Waals surface area contributed by atoms with Crippen molar-refractivity contribution in [2.45, 2.75) is 51.0 Å². The number of ether oxygens (including phenoxy) is 2. The Labute approximate surface area is 239 Å². The molecular formula is C31H35N3O7. The predicted octanol–water partition coefficient (Wildman–Crippen LogP) is 4.19. The quantitative estimate of drug-likeness (QED) is 0.204. The smallest absolute Gasteiger partial charge is 0.408 e. The van der Waals surface area contributed by atoms with E-state index in [1.807, 2.05) is 78.9 Å². The van der Waals surface area contributed by atoms with Crippen molar-refractivity contribution >= 4 is 24.1 Å². The zero-order valence-corrected chi connectivity index (χ0v) is 22.7. The lowest BCUT2D eigenvalue weighted by molar-refractivity contribution is -0.139. The molecule has 10 heteroatoms. The van der Waals surface area contributed by atoms with Crippen molar-refractivity contribution in [2.75, 3.05) is 6.54 Å². The predicted molar refractivity (Wildman–Crippen MR) is 152 cm³/mol. The summed E-state index contributed by atoms with van der Waals surface area (Å²) in [4.78, 5) is 49.0. The van der Waals surface area contributed by atoms with Crippen LogP contribution in [-0.4, -0.2) is 47.8 Å². The van der Waals surface area contributed by atoms with E-state index in [0.29, 0.717) is 12.8 Å². The largest absolute Gasteiger partial charge is 0.480 e. The summed E-state index contributed by atoms with van der Waals surface area (Å²) in [5, 5.41) is 17.3. The van der Waals surface area contributed by atoms with Crippen LogP contribution in [0.3, 0.4) is 0 Å². The summed E-state index contributed by atoms with van der Waals surface area (Å²) in [6, 6.07) is 25.6. The van der Waals surface area contributed by atoms with Gasteiger partial charge in [-0.1, -0.05) is 91.0 Å². The van der Waals surface area contributed by atoms with Gasteiger partial charge in [-0.05, 0) is 36.0 Å². The number of nitrogens with one attached hydrogen (secondary N) is 3. The zero-order chi connectivity index (χ0) is 29.3. The highest BCUT2D eigenvalue weighted by Crippen LogP contribution is 2.07. The van der Waals surface area contributed by atoms with Gasteiger partial charge >= 0.3 is 18.2 Å². The second kappa shape index (κ2) is 17.0. The average molecular weight is 562 g/mol. The van der Waals surface area contributed by atoms with Gasteiger partial charge in [-0.3, -0.25) is 4.79 Å². The third kappa shape index (κ3) is 11.8. The number of alkyl carbamates (subject to hydrolysis) is 2. The van der Waals surface area contributed by atoms with Crippen LogP contribution in [0.2, 0.25) is 0 Å². The van der Waals surface area contributed by atoms with Crippen molar-refractivity contribution in [2.24, 2.45) is 0 Å². The van der Waals surface area contributed by atoms with Crippen molar-refractivity contribution in [1.82, 2.24) is 16.0 Å². The summed E-state index contributed by atoms with van der Waals surface area (Å²) < 4.78 is 10.4. The van der Waals surface area contributed by atoms with Gasteiger partial charge in [-0.2, -0.15) is 0 Å². The van der Waals surface area contributed by atoms with Crippen LogP contribution in [0.1, 0.15) is 36.0 Å². The first-order chi connectivity index (χ1) is 19.9. The van der Waals surface area contributed by atoms with Gasteiger partial charge in [0, 0.05) is 13.0 Å². The molecule has 3 amide bonds. The number of rotatable bonds is 15. The third-order valence-electron chi connectivity index (χ3n) is 6.13. The number of carboxylic acids is 1. The lowest BCUT2D eigenvalue weighted by Crippen LogP contribution is -2.48. The molecule has 0 heterocycles. The summed E-state index contributed by atoms with van der Waals surface area (Å²) >= 11 is 0. The molecule has 216 valence electrons. The first-order valence-corrected chi connectivity index (χ1v) is 13.4. The molecule has 3 aromatic rings. The van der Waals surface area contributed by atoms with E-state index < -0.39 is 30.2 Å². The molecule has 41 heavy (non-hydrogen) atoms. The Morgan fingerprint density at radius 3 is 1.59 bits per heavy atom. The fourth-order valence-corrected chi connectivity index (χ4v) is 3.94. The third-order valence-corrected chi connectivity index (χ3v) is 6.13. The Kier molecular flexibility index (Phi) is 12.7. The maximum atomic E-state index is 12.9. The van der Waals surface area contributed by atoms with Crippen LogP contribution in [0.15, 0.2) is 91.0 Å². The van der Waals surface area contributed by atoms with Crippen molar-refractivity contribution in [3.63, 3.8) is 0 Å². The number of hydrogen-bond donors (Lipinski definition) is 4. The van der Waals surface area contributed by atoms with Crippen molar-refractivity contribution in [3.05, 3.63) is 108 Å². The number of amides is 3. The minimum atomic E-state index is -1.17. The lowest BCUT2D eigenvalue weighted by atomic mass is 10.1. The molecule has 0 fully saturated rings. The monoisotopic (exact) mass is 561 g/mol. The fourth-order valence-electron chi connectivity index (χ4n) is 3.94. The number of carbonyl (C=O) groups excluding carboxylic acids is 3. The Morgan fingerprint density at radius 2 is 1.10 bits per heavy atom. The maximum Gasteiger partial charge on any atom is 0.408 e. The summed E-state index contributed by atoms with van der Waals surface area (Å²) in [5.74, 6) is -1.56. The Balaban J connectivity index is 1.43. The van der Waals surface area contributed by atoms with E-state index in [0.717, 1.165) is 16.7 Å². The van der Waals surface area contributed by atoms with E-state index in [1.54, 1.807) is 12.1 Å². The Bertz CT molecular complexity index is 1240. The number of hydrogen-bond acceptors (Lipinski definition) is 6. The minimum absolute atomic E-state index is 0.0308. The summed E-state index contributed by atoms with van der Waals surface area (Å²) in [6.07, 6.45) is -0.214. The van der Waals surface area contributed by atoms with E-state index >= 15 is 0 Å². The maximum absolute atomic E-state index is 12.9. The molecule has 0 aliphatic carbocycles. The number of aliphatic carboxylic acids is 1. The van der Waals surface area contributed by atoms with Crippen LogP contribution in [-0.2, 0) is 38.7 Å². The molecule has 0 aliphatic heterocycles. The minimum Gasteiger partial charge on any atom is -0.480 e. The van der Waals surface area contributed by atoms with Crippen LogP contribution in [0.4, 0.5) is 9.59 Å². The molecule has 0 radical (unpaired) electrons. The number of carbonyl (C=O) groups is 4. The number of carboxylic acid groups (broad SMARTS) is 1. The first kappa shape index (κ1) is 30.7. The molecule has 0 saturated carbocycles. The van der Waals surface area contributed by atoms with Crippen LogP contribution in [0.5, 0.6) is 0 Å². The Hall–Kier alpha value is -4.86. The summed E-state index contributed by atoms with van der Waals surface area (Å²) in [6.45, 7) is 0.365. The van der Waals surface area contributed by atoms with Crippen LogP contribution in [0, 0.1) is 0 Å². The standard InChI is InChI=1S/C31H35N3O7/c35-28(27(20-23-12-4-1-5-13-23)34-31(39)41-22-25-16-8-3-9-17-25)32-19-11-10-18-26(29(36)37)33-30(38)40-21-24-14-6-2-7-15-24/h1-9,12-17,26-27H,10-11,18-22H2,(H,32,35)(H,33,38)(H,34,39)(H,36,37)/t26-,27?/m0/s1.